The summed E-state index contributed by atoms with van der Waals surface area (Å²) in [7, 11) is 0. The number of nitrogens with one attached hydrogen (secondary N) is 1. The van der Waals surface area contributed by atoms with Crippen molar-refractivity contribution in [3.8, 4) is 0 Å². The minimum atomic E-state index is -4.28. The van der Waals surface area contributed by atoms with Gasteiger partial charge in [-0.1, -0.05) is 19.1 Å². The van der Waals surface area contributed by atoms with Crippen molar-refractivity contribution in [1.29, 1.82) is 0 Å². The largest absolute Gasteiger partial charge is 0.416 e. The van der Waals surface area contributed by atoms with Crippen molar-refractivity contribution in [3.05, 3.63) is 35.4 Å². The molecule has 0 saturated carbocycles. The Morgan fingerprint density at radius 1 is 1.15 bits per heavy atom. The van der Waals surface area contributed by atoms with Gasteiger partial charge in [0.05, 0.1) is 18.3 Å². The van der Waals surface area contributed by atoms with Crippen LogP contribution < -0.4 is 5.32 Å². The van der Waals surface area contributed by atoms with E-state index in [1.54, 1.807) is 0 Å². The molecule has 1 aromatic carbocycles. The van der Waals surface area contributed by atoms with Crippen molar-refractivity contribution in [3.63, 3.8) is 0 Å². The van der Waals surface area contributed by atoms with Crippen LogP contribution in [0, 0.1) is 0 Å². The Labute approximate surface area is 118 Å². The lowest BCUT2D eigenvalue weighted by atomic mass is 10.0. The van der Waals surface area contributed by atoms with Crippen molar-refractivity contribution in [1.82, 2.24) is 5.32 Å². The predicted octanol–water partition coefficient (Wildman–Crippen LogP) is 3.65. The zero-order chi connectivity index (χ0) is 15.2. The van der Waals surface area contributed by atoms with Crippen LogP contribution >= 0.6 is 0 Å². The highest BCUT2D eigenvalue weighted by Gasteiger charge is 2.29. The lowest BCUT2D eigenvalue weighted by Gasteiger charge is -2.20. The van der Waals surface area contributed by atoms with E-state index in [1.165, 1.54) is 12.1 Å². The van der Waals surface area contributed by atoms with Gasteiger partial charge in [0.25, 0.3) is 0 Å². The SMILES string of the molecule is CCNC(COC(C)C)Cc1ccc(C(F)(F)F)cc1. The van der Waals surface area contributed by atoms with Crippen LogP contribution in [-0.2, 0) is 17.3 Å². The molecule has 5 heteroatoms. The lowest BCUT2D eigenvalue weighted by molar-refractivity contribution is -0.137. The maximum atomic E-state index is 12.5. The second-order valence-electron chi connectivity index (χ2n) is 5.04. The predicted molar refractivity (Wildman–Crippen MR) is 73.7 cm³/mol. The smallest absolute Gasteiger partial charge is 0.377 e. The van der Waals surface area contributed by atoms with E-state index in [-0.39, 0.29) is 12.1 Å². The van der Waals surface area contributed by atoms with Crippen molar-refractivity contribution in [2.24, 2.45) is 0 Å². The summed E-state index contributed by atoms with van der Waals surface area (Å²) >= 11 is 0. The Hall–Kier alpha value is -1.07. The van der Waals surface area contributed by atoms with Crippen molar-refractivity contribution < 1.29 is 17.9 Å². The highest BCUT2D eigenvalue weighted by Crippen LogP contribution is 2.29. The first-order valence-corrected chi connectivity index (χ1v) is 6.84. The molecular weight excluding hydrogens is 267 g/mol. The highest BCUT2D eigenvalue weighted by molar-refractivity contribution is 5.25. The molecule has 20 heavy (non-hydrogen) atoms. The number of rotatable bonds is 7. The monoisotopic (exact) mass is 289 g/mol. The fraction of sp³-hybridized carbons (Fsp3) is 0.600. The van der Waals surface area contributed by atoms with Crippen LogP contribution in [0.15, 0.2) is 24.3 Å². The number of hydrogen-bond acceptors (Lipinski definition) is 2. The van der Waals surface area contributed by atoms with E-state index in [2.05, 4.69) is 5.32 Å². The molecule has 1 atom stereocenters. The summed E-state index contributed by atoms with van der Waals surface area (Å²) in [6.45, 7) is 7.26. The normalized spacial score (nSPS) is 13.8. The molecule has 1 rings (SSSR count). The van der Waals surface area contributed by atoms with Gasteiger partial charge in [-0.05, 0) is 44.5 Å². The average Bonchev–Trinajstić information content (AvgIpc) is 2.36. The Morgan fingerprint density at radius 3 is 2.20 bits per heavy atom. The van der Waals surface area contributed by atoms with Crippen molar-refractivity contribution in [2.75, 3.05) is 13.2 Å². The highest BCUT2D eigenvalue weighted by atomic mass is 19.4. The third kappa shape index (κ3) is 5.92. The number of halogens is 3. The number of benzene rings is 1. The Balaban J connectivity index is 2.64. The molecule has 0 saturated heterocycles. The van der Waals surface area contributed by atoms with Gasteiger partial charge in [-0.25, -0.2) is 0 Å². The summed E-state index contributed by atoms with van der Waals surface area (Å²) in [5.74, 6) is 0. The molecule has 0 aliphatic carbocycles. The third-order valence-corrected chi connectivity index (χ3v) is 2.89. The van der Waals surface area contributed by atoms with Crippen LogP contribution in [0.4, 0.5) is 13.2 Å². The first-order valence-electron chi connectivity index (χ1n) is 6.84. The molecular formula is C15H22F3NO. The van der Waals surface area contributed by atoms with Crippen LogP contribution in [0.1, 0.15) is 31.9 Å². The maximum absolute atomic E-state index is 12.5. The van der Waals surface area contributed by atoms with Gasteiger partial charge >= 0.3 is 6.18 Å². The lowest BCUT2D eigenvalue weighted by Crippen LogP contribution is -2.36. The fourth-order valence-corrected chi connectivity index (χ4v) is 1.90. The van der Waals surface area contributed by atoms with Gasteiger partial charge in [0.15, 0.2) is 0 Å². The molecule has 0 aliphatic rings. The zero-order valence-corrected chi connectivity index (χ0v) is 12.1. The molecule has 0 amide bonds. The number of alkyl halides is 3. The Bertz CT molecular complexity index is 387. The molecule has 1 aromatic rings. The molecule has 0 fully saturated rings. The quantitative estimate of drug-likeness (QED) is 0.827. The van der Waals surface area contributed by atoms with Crippen LogP contribution in [0.2, 0.25) is 0 Å². The molecule has 1 N–H and O–H groups in total. The van der Waals surface area contributed by atoms with E-state index in [0.717, 1.165) is 24.2 Å². The first kappa shape index (κ1) is 17.0. The van der Waals surface area contributed by atoms with Crippen LogP contribution in [0.25, 0.3) is 0 Å². The van der Waals surface area contributed by atoms with Crippen molar-refractivity contribution >= 4 is 0 Å². The van der Waals surface area contributed by atoms with E-state index in [0.29, 0.717) is 13.0 Å². The van der Waals surface area contributed by atoms with E-state index in [4.69, 9.17) is 4.74 Å². The molecule has 0 heterocycles. The number of ether oxygens (including phenoxy) is 1. The molecule has 0 aromatic heterocycles. The molecule has 114 valence electrons. The number of hydrogen-bond donors (Lipinski definition) is 1. The molecule has 2 nitrogen and oxygen atoms in total. The van der Waals surface area contributed by atoms with Gasteiger partial charge in [0.1, 0.15) is 0 Å². The molecule has 0 radical (unpaired) electrons. The zero-order valence-electron chi connectivity index (χ0n) is 12.1. The fourth-order valence-electron chi connectivity index (χ4n) is 1.90. The van der Waals surface area contributed by atoms with Gasteiger partial charge < -0.3 is 10.1 Å². The van der Waals surface area contributed by atoms with Gasteiger partial charge in [-0.2, -0.15) is 13.2 Å². The summed E-state index contributed by atoms with van der Waals surface area (Å²) < 4.78 is 43.0. The molecule has 0 bridgehead atoms. The van der Waals surface area contributed by atoms with Crippen LogP contribution in [0.3, 0.4) is 0 Å². The van der Waals surface area contributed by atoms with Crippen LogP contribution in [0.5, 0.6) is 0 Å². The van der Waals surface area contributed by atoms with E-state index < -0.39 is 11.7 Å². The first-order chi connectivity index (χ1) is 9.32. The third-order valence-electron chi connectivity index (χ3n) is 2.89. The van der Waals surface area contributed by atoms with Crippen LogP contribution in [-0.4, -0.2) is 25.3 Å². The minimum Gasteiger partial charge on any atom is -0.377 e. The van der Waals surface area contributed by atoms with E-state index >= 15 is 0 Å². The summed E-state index contributed by atoms with van der Waals surface area (Å²) in [5.41, 5.74) is 0.260. The summed E-state index contributed by atoms with van der Waals surface area (Å²) in [6.07, 6.45) is -3.48. The molecule has 0 aliphatic heterocycles. The standard InChI is InChI=1S/C15H22F3NO/c1-4-19-14(10-20-11(2)3)9-12-5-7-13(8-6-12)15(16,17)18/h5-8,11,14,19H,4,9-10H2,1-3H3. The molecule has 1 unspecified atom stereocenters. The summed E-state index contributed by atoms with van der Waals surface area (Å²) in [6, 6.07) is 5.42. The topological polar surface area (TPSA) is 21.3 Å². The average molecular weight is 289 g/mol. The minimum absolute atomic E-state index is 0.110. The van der Waals surface area contributed by atoms with Gasteiger partial charge in [0.2, 0.25) is 0 Å². The van der Waals surface area contributed by atoms with E-state index in [9.17, 15) is 13.2 Å². The van der Waals surface area contributed by atoms with Gasteiger partial charge in [-0.3, -0.25) is 0 Å². The molecule has 0 spiro atoms. The Kier molecular flexibility index (Phi) is 6.49. The van der Waals surface area contributed by atoms with Gasteiger partial charge in [0, 0.05) is 6.04 Å². The number of likely N-dealkylation sites (N-methyl/N-ethyl adjacent to an activating group) is 1. The maximum Gasteiger partial charge on any atom is 0.416 e. The van der Waals surface area contributed by atoms with E-state index in [1.807, 2.05) is 20.8 Å². The Morgan fingerprint density at radius 2 is 1.75 bits per heavy atom. The second-order valence-corrected chi connectivity index (χ2v) is 5.04. The second kappa shape index (κ2) is 7.64. The van der Waals surface area contributed by atoms with Crippen molar-refractivity contribution in [2.45, 2.75) is 45.5 Å². The summed E-state index contributed by atoms with van der Waals surface area (Å²) in [4.78, 5) is 0. The van der Waals surface area contributed by atoms with Gasteiger partial charge in [-0.15, -0.1) is 0 Å². The summed E-state index contributed by atoms with van der Waals surface area (Å²) in [5, 5.41) is 3.28.